The summed E-state index contributed by atoms with van der Waals surface area (Å²) in [5, 5.41) is 0. The third kappa shape index (κ3) is 1.97. The number of hydrogen-bond acceptors (Lipinski definition) is 4. The maximum atomic E-state index is 4.15. The van der Waals surface area contributed by atoms with Crippen molar-refractivity contribution in [3.8, 4) is 11.5 Å². The van der Waals surface area contributed by atoms with Crippen molar-refractivity contribution in [2.24, 2.45) is 0 Å². The van der Waals surface area contributed by atoms with Gasteiger partial charge in [0.1, 0.15) is 12.0 Å². The molecule has 64 valence electrons. The summed E-state index contributed by atoms with van der Waals surface area (Å²) in [6.45, 7) is 0. The van der Waals surface area contributed by atoms with Crippen molar-refractivity contribution in [2.45, 2.75) is 0 Å². The largest absolute Gasteiger partial charge is 0.253 e. The molecule has 0 aromatic carbocycles. The Hall–Kier alpha value is -1.11. The Morgan fingerprint density at radius 2 is 2.00 bits per heavy atom. The number of rotatable bonds is 1. The molecule has 0 bridgehead atoms. The molecule has 0 unspecified atom stereocenters. The molecule has 2 aromatic rings. The Kier molecular flexibility index (Phi) is 2.44. The third-order valence-electron chi connectivity index (χ3n) is 1.44. The summed E-state index contributed by atoms with van der Waals surface area (Å²) >= 11 is 2.04. The normalized spacial score (nSPS) is 9.92. The fraction of sp³-hybridized carbons (Fsp3) is 0. The van der Waals surface area contributed by atoms with Gasteiger partial charge < -0.3 is 0 Å². The van der Waals surface area contributed by atoms with Gasteiger partial charge in [0.05, 0.1) is 0 Å². The molecule has 2 heterocycles. The lowest BCUT2D eigenvalue weighted by Crippen LogP contribution is -1.94. The SMILES string of the molecule is Ic1ncnc(-c2ccccn2)n1. The second-order valence-electron chi connectivity index (χ2n) is 2.29. The van der Waals surface area contributed by atoms with E-state index in [-0.39, 0.29) is 0 Å². The summed E-state index contributed by atoms with van der Waals surface area (Å²) in [5.74, 6) is 0.611. The van der Waals surface area contributed by atoms with Crippen LogP contribution < -0.4 is 0 Å². The molecule has 0 N–H and O–H groups in total. The zero-order valence-electron chi connectivity index (χ0n) is 6.55. The average Bonchev–Trinajstić information content (AvgIpc) is 2.19. The summed E-state index contributed by atoms with van der Waals surface area (Å²) in [6, 6.07) is 5.63. The number of nitrogens with zero attached hydrogens (tertiary/aromatic N) is 4. The minimum Gasteiger partial charge on any atom is -0.253 e. The molecule has 0 fully saturated rings. The topological polar surface area (TPSA) is 51.6 Å². The second kappa shape index (κ2) is 3.73. The van der Waals surface area contributed by atoms with Crippen LogP contribution in [0.4, 0.5) is 0 Å². The van der Waals surface area contributed by atoms with Crippen molar-refractivity contribution >= 4 is 22.6 Å². The lowest BCUT2D eigenvalue weighted by atomic mass is 10.3. The summed E-state index contributed by atoms with van der Waals surface area (Å²) in [6.07, 6.45) is 3.20. The van der Waals surface area contributed by atoms with Crippen molar-refractivity contribution in [3.05, 3.63) is 34.6 Å². The van der Waals surface area contributed by atoms with Crippen molar-refractivity contribution in [2.75, 3.05) is 0 Å². The first-order valence-corrected chi connectivity index (χ1v) is 4.70. The molecule has 0 saturated heterocycles. The Morgan fingerprint density at radius 3 is 2.69 bits per heavy atom. The molecule has 0 aliphatic heterocycles. The van der Waals surface area contributed by atoms with Gasteiger partial charge in [-0.2, -0.15) is 0 Å². The summed E-state index contributed by atoms with van der Waals surface area (Å²) in [4.78, 5) is 16.2. The monoisotopic (exact) mass is 284 g/mol. The van der Waals surface area contributed by atoms with Crippen molar-refractivity contribution in [3.63, 3.8) is 0 Å². The highest BCUT2D eigenvalue weighted by Crippen LogP contribution is 2.09. The maximum absolute atomic E-state index is 4.15. The molecule has 0 amide bonds. The van der Waals surface area contributed by atoms with E-state index in [1.54, 1.807) is 6.20 Å². The van der Waals surface area contributed by atoms with E-state index in [0.717, 1.165) is 5.69 Å². The van der Waals surface area contributed by atoms with E-state index in [4.69, 9.17) is 0 Å². The molecule has 0 spiro atoms. The lowest BCUT2D eigenvalue weighted by Gasteiger charge is -1.96. The van der Waals surface area contributed by atoms with Crippen LogP contribution in [0.1, 0.15) is 0 Å². The van der Waals surface area contributed by atoms with E-state index < -0.39 is 0 Å². The van der Waals surface area contributed by atoms with Gasteiger partial charge in [0.2, 0.25) is 0 Å². The van der Waals surface area contributed by atoms with Gasteiger partial charge in [0.15, 0.2) is 9.66 Å². The molecule has 0 radical (unpaired) electrons. The van der Waals surface area contributed by atoms with Crippen molar-refractivity contribution < 1.29 is 0 Å². The van der Waals surface area contributed by atoms with Gasteiger partial charge in [0.25, 0.3) is 0 Å². The van der Waals surface area contributed by atoms with Gasteiger partial charge in [-0.3, -0.25) is 4.98 Å². The lowest BCUT2D eigenvalue weighted by molar-refractivity contribution is 1.00. The van der Waals surface area contributed by atoms with Crippen LogP contribution in [0.15, 0.2) is 30.7 Å². The minimum atomic E-state index is 0.611. The van der Waals surface area contributed by atoms with Crippen LogP contribution in [-0.4, -0.2) is 19.9 Å². The minimum absolute atomic E-state index is 0.611. The van der Waals surface area contributed by atoms with Gasteiger partial charge in [0, 0.05) is 28.8 Å². The number of pyridine rings is 1. The zero-order chi connectivity index (χ0) is 9.10. The smallest absolute Gasteiger partial charge is 0.194 e. The van der Waals surface area contributed by atoms with Crippen LogP contribution in [0.3, 0.4) is 0 Å². The van der Waals surface area contributed by atoms with Crippen LogP contribution >= 0.6 is 22.6 Å². The predicted molar refractivity (Wildman–Crippen MR) is 55.8 cm³/mol. The first-order chi connectivity index (χ1) is 6.36. The van der Waals surface area contributed by atoms with Gasteiger partial charge in [-0.1, -0.05) is 6.07 Å². The molecular formula is C8H5IN4. The van der Waals surface area contributed by atoms with Gasteiger partial charge in [-0.25, -0.2) is 15.0 Å². The molecule has 4 nitrogen and oxygen atoms in total. The highest BCUT2D eigenvalue weighted by atomic mass is 127. The Labute approximate surface area is 88.6 Å². The van der Waals surface area contributed by atoms with Crippen LogP contribution in [0.5, 0.6) is 0 Å². The van der Waals surface area contributed by atoms with E-state index in [0.29, 0.717) is 9.66 Å². The fourth-order valence-electron chi connectivity index (χ4n) is 0.895. The number of aromatic nitrogens is 4. The Bertz CT molecular complexity index is 404. The first-order valence-electron chi connectivity index (χ1n) is 3.62. The average molecular weight is 284 g/mol. The highest BCUT2D eigenvalue weighted by Gasteiger charge is 2.01. The Morgan fingerprint density at radius 1 is 1.08 bits per heavy atom. The molecule has 2 rings (SSSR count). The van der Waals surface area contributed by atoms with E-state index in [1.807, 2.05) is 40.8 Å². The highest BCUT2D eigenvalue weighted by molar-refractivity contribution is 14.1. The molecular weight excluding hydrogens is 279 g/mol. The third-order valence-corrected chi connectivity index (χ3v) is 1.96. The molecule has 0 aliphatic carbocycles. The summed E-state index contributed by atoms with van der Waals surface area (Å²) < 4.78 is 0.674. The summed E-state index contributed by atoms with van der Waals surface area (Å²) in [7, 11) is 0. The van der Waals surface area contributed by atoms with Crippen LogP contribution in [0.25, 0.3) is 11.5 Å². The number of hydrogen-bond donors (Lipinski definition) is 0. The fourth-order valence-corrected chi connectivity index (χ4v) is 1.25. The van der Waals surface area contributed by atoms with Gasteiger partial charge in [-0.15, -0.1) is 0 Å². The molecule has 5 heteroatoms. The predicted octanol–water partition coefficient (Wildman–Crippen LogP) is 1.54. The van der Waals surface area contributed by atoms with E-state index in [2.05, 4.69) is 19.9 Å². The molecule has 13 heavy (non-hydrogen) atoms. The second-order valence-corrected chi connectivity index (χ2v) is 3.26. The Balaban J connectivity index is 2.48. The molecule has 0 saturated carbocycles. The van der Waals surface area contributed by atoms with Crippen molar-refractivity contribution in [1.29, 1.82) is 0 Å². The zero-order valence-corrected chi connectivity index (χ0v) is 8.71. The quantitative estimate of drug-likeness (QED) is 0.745. The van der Waals surface area contributed by atoms with E-state index >= 15 is 0 Å². The van der Waals surface area contributed by atoms with E-state index in [1.165, 1.54) is 6.33 Å². The van der Waals surface area contributed by atoms with Gasteiger partial charge in [-0.05, 0) is 12.1 Å². The first kappa shape index (κ1) is 8.49. The summed E-state index contributed by atoms with van der Waals surface area (Å²) in [5.41, 5.74) is 0.766. The standard InChI is InChI=1S/C8H5IN4/c9-8-12-5-11-7(13-8)6-3-1-2-4-10-6/h1-5H. The number of halogens is 1. The molecule has 0 atom stereocenters. The maximum Gasteiger partial charge on any atom is 0.194 e. The van der Waals surface area contributed by atoms with Crippen molar-refractivity contribution in [1.82, 2.24) is 19.9 Å². The van der Waals surface area contributed by atoms with Crippen LogP contribution in [0, 0.1) is 3.83 Å². The van der Waals surface area contributed by atoms with Crippen LogP contribution in [-0.2, 0) is 0 Å². The molecule has 2 aromatic heterocycles. The van der Waals surface area contributed by atoms with Gasteiger partial charge >= 0.3 is 0 Å². The molecule has 0 aliphatic rings. The van der Waals surface area contributed by atoms with E-state index in [9.17, 15) is 0 Å². The van der Waals surface area contributed by atoms with Crippen LogP contribution in [0.2, 0.25) is 0 Å².